The first-order chi connectivity index (χ1) is 16.7. The Balaban J connectivity index is 1.62. The number of nitrogens with two attached hydrogens (primary N) is 1. The van der Waals surface area contributed by atoms with Gasteiger partial charge in [0.2, 0.25) is 5.91 Å². The summed E-state index contributed by atoms with van der Waals surface area (Å²) < 4.78 is 28.9. The number of allylic oxidation sites excluding steroid dienone is 1. The van der Waals surface area contributed by atoms with Gasteiger partial charge < -0.3 is 11.1 Å². The van der Waals surface area contributed by atoms with Crippen molar-refractivity contribution in [1.82, 2.24) is 9.78 Å². The van der Waals surface area contributed by atoms with Crippen LogP contribution in [0.15, 0.2) is 52.7 Å². The molecule has 2 aromatic carbocycles. The van der Waals surface area contributed by atoms with Crippen molar-refractivity contribution >= 4 is 40.7 Å². The van der Waals surface area contributed by atoms with Crippen LogP contribution in [0.5, 0.6) is 0 Å². The van der Waals surface area contributed by atoms with Crippen LogP contribution in [-0.2, 0) is 7.05 Å². The van der Waals surface area contributed by atoms with Crippen LogP contribution in [0.4, 0.5) is 14.5 Å². The number of hydrogen-bond acceptors (Lipinski definition) is 3. The second-order valence-corrected chi connectivity index (χ2v) is 9.61. The van der Waals surface area contributed by atoms with Crippen LogP contribution in [0.2, 0.25) is 0 Å². The van der Waals surface area contributed by atoms with Crippen LogP contribution in [0, 0.1) is 0 Å². The molecule has 180 valence electrons. The maximum absolute atomic E-state index is 13.7. The molecule has 5 rings (SSSR count). The predicted molar refractivity (Wildman–Crippen MR) is 130 cm³/mol. The van der Waals surface area contributed by atoms with E-state index in [9.17, 15) is 18.4 Å². The number of nitrogens with zero attached hydrogens (tertiary/aromatic N) is 2. The lowest BCUT2D eigenvalue weighted by atomic mass is 9.90. The Kier molecular flexibility index (Phi) is 5.89. The molecular formula is C25H20Cl2F2N4O2. The molecule has 0 unspecified atom stereocenters. The van der Waals surface area contributed by atoms with E-state index in [1.807, 2.05) is 12.1 Å². The van der Waals surface area contributed by atoms with E-state index in [1.54, 1.807) is 6.07 Å². The average molecular weight is 517 g/mol. The minimum atomic E-state index is -2.88. The van der Waals surface area contributed by atoms with Crippen molar-refractivity contribution in [2.75, 3.05) is 5.32 Å². The van der Waals surface area contributed by atoms with Gasteiger partial charge in [-0.3, -0.25) is 14.3 Å². The Labute approximate surface area is 209 Å². The second kappa shape index (κ2) is 8.77. The highest BCUT2D eigenvalue weighted by atomic mass is 35.5. The number of aryl methyl sites for hydroxylation is 1. The molecule has 0 saturated heterocycles. The molecule has 1 heterocycles. The molecular weight excluding hydrogens is 497 g/mol. The lowest BCUT2D eigenvalue weighted by Gasteiger charge is -2.20. The molecule has 1 saturated carbocycles. The maximum atomic E-state index is 13.7. The van der Waals surface area contributed by atoms with E-state index < -0.39 is 23.9 Å². The molecule has 0 aliphatic heterocycles. The highest BCUT2D eigenvalue weighted by molar-refractivity contribution is 6.56. The summed E-state index contributed by atoms with van der Waals surface area (Å²) in [4.78, 5) is 25.9. The molecule has 6 nitrogen and oxygen atoms in total. The number of amides is 2. The zero-order valence-corrected chi connectivity index (χ0v) is 20.0. The lowest BCUT2D eigenvalue weighted by Crippen LogP contribution is -2.22. The summed E-state index contributed by atoms with van der Waals surface area (Å²) >= 11 is 12.4. The third-order valence-electron chi connectivity index (χ3n) is 6.74. The highest BCUT2D eigenvalue weighted by Crippen LogP contribution is 2.60. The number of fused-ring (bicyclic) bond motifs is 5. The minimum Gasteiger partial charge on any atom is -0.366 e. The Morgan fingerprint density at radius 1 is 1.11 bits per heavy atom. The zero-order chi connectivity index (χ0) is 25.0. The van der Waals surface area contributed by atoms with Gasteiger partial charge in [-0.05, 0) is 47.2 Å². The number of aromatic nitrogens is 2. The van der Waals surface area contributed by atoms with Gasteiger partial charge in [0.25, 0.3) is 12.3 Å². The van der Waals surface area contributed by atoms with Gasteiger partial charge in [-0.1, -0.05) is 47.5 Å². The Hall–Kier alpha value is -3.23. The predicted octanol–water partition coefficient (Wildman–Crippen LogP) is 6.04. The molecule has 2 aliphatic carbocycles. The van der Waals surface area contributed by atoms with Gasteiger partial charge in [0.05, 0.1) is 11.1 Å². The molecule has 0 spiro atoms. The summed E-state index contributed by atoms with van der Waals surface area (Å²) in [6.07, 6.45) is 0.272. The van der Waals surface area contributed by atoms with Crippen molar-refractivity contribution in [1.29, 1.82) is 0 Å². The van der Waals surface area contributed by atoms with Crippen molar-refractivity contribution in [3.8, 4) is 11.1 Å². The average Bonchev–Trinajstić information content (AvgIpc) is 3.50. The number of nitrogens with one attached hydrogen (secondary N) is 1. The number of benzene rings is 2. The van der Waals surface area contributed by atoms with E-state index in [0.717, 1.165) is 29.5 Å². The fourth-order valence-electron chi connectivity index (χ4n) is 5.44. The van der Waals surface area contributed by atoms with Crippen LogP contribution in [0.3, 0.4) is 0 Å². The fourth-order valence-corrected chi connectivity index (χ4v) is 5.97. The molecule has 35 heavy (non-hydrogen) atoms. The van der Waals surface area contributed by atoms with Crippen LogP contribution >= 0.6 is 23.2 Å². The maximum Gasteiger partial charge on any atom is 0.282 e. The molecule has 3 N–H and O–H groups in total. The van der Waals surface area contributed by atoms with Crippen molar-refractivity contribution in [2.45, 2.75) is 31.1 Å². The first-order valence-electron chi connectivity index (χ1n) is 10.9. The Morgan fingerprint density at radius 2 is 1.83 bits per heavy atom. The van der Waals surface area contributed by atoms with E-state index in [2.05, 4.69) is 10.4 Å². The summed E-state index contributed by atoms with van der Waals surface area (Å²) in [5, 5.41) is 6.73. The lowest BCUT2D eigenvalue weighted by molar-refractivity contribution is 0.0977. The fraction of sp³-hybridized carbons (Fsp3) is 0.240. The van der Waals surface area contributed by atoms with Gasteiger partial charge in [0, 0.05) is 36.3 Å². The van der Waals surface area contributed by atoms with Gasteiger partial charge in [-0.15, -0.1) is 0 Å². The van der Waals surface area contributed by atoms with Crippen molar-refractivity contribution in [3.63, 3.8) is 0 Å². The van der Waals surface area contributed by atoms with Gasteiger partial charge >= 0.3 is 0 Å². The molecule has 1 fully saturated rings. The first-order valence-corrected chi connectivity index (χ1v) is 11.7. The summed E-state index contributed by atoms with van der Waals surface area (Å²) in [6.45, 7) is 0. The summed E-state index contributed by atoms with van der Waals surface area (Å²) in [5.74, 6) is -1.42. The standard InChI is InChI=1S/C25H20Cl2F2N4O2/c1-33-10-16(21(32-33)23(28)29)12-4-2-6-15(24(30)34)20(12)25(35)31-17-7-3-5-11-13-8-9-14(18(11)17)19(13)22(26)27/h2-7,10,13-14,23H,8-9H2,1H3,(H2,30,34)(H,31,35)/t13-,14+/m1/s1. The van der Waals surface area contributed by atoms with Crippen LogP contribution in [0.1, 0.15) is 68.6 Å². The number of rotatable bonds is 5. The van der Waals surface area contributed by atoms with E-state index in [-0.39, 0.29) is 38.6 Å². The molecule has 0 radical (unpaired) electrons. The van der Waals surface area contributed by atoms with Crippen LogP contribution in [0.25, 0.3) is 11.1 Å². The van der Waals surface area contributed by atoms with Crippen molar-refractivity contribution in [2.24, 2.45) is 12.8 Å². The number of anilines is 1. The Bertz CT molecular complexity index is 1410. The van der Waals surface area contributed by atoms with Crippen molar-refractivity contribution < 1.29 is 18.4 Å². The quantitative estimate of drug-likeness (QED) is 0.433. The van der Waals surface area contributed by atoms with Crippen molar-refractivity contribution in [3.05, 3.63) is 80.6 Å². The normalized spacial score (nSPS) is 18.2. The number of alkyl halides is 2. The van der Waals surface area contributed by atoms with Crippen LogP contribution < -0.4 is 11.1 Å². The van der Waals surface area contributed by atoms with E-state index in [0.29, 0.717) is 5.69 Å². The topological polar surface area (TPSA) is 90.0 Å². The van der Waals surface area contributed by atoms with E-state index in [1.165, 1.54) is 36.1 Å². The number of hydrogen-bond donors (Lipinski definition) is 2. The number of carbonyl (C=O) groups excluding carboxylic acids is 2. The Morgan fingerprint density at radius 3 is 2.51 bits per heavy atom. The van der Waals surface area contributed by atoms with E-state index >= 15 is 0 Å². The summed E-state index contributed by atoms with van der Waals surface area (Å²) in [6, 6.07) is 9.96. The van der Waals surface area contributed by atoms with Crippen LogP contribution in [-0.4, -0.2) is 21.6 Å². The SMILES string of the molecule is Cn1cc(-c2cccc(C(N)=O)c2C(=O)Nc2cccc3c2[C@@H]2CC[C@H]3C2=C(Cl)Cl)c(C(F)F)n1. The minimum absolute atomic E-state index is 0.0221. The zero-order valence-electron chi connectivity index (χ0n) is 18.5. The number of carbonyl (C=O) groups is 2. The summed E-state index contributed by atoms with van der Waals surface area (Å²) in [5.41, 5.74) is 8.55. The third kappa shape index (κ3) is 3.81. The molecule has 2 atom stereocenters. The molecule has 2 aliphatic rings. The number of halogens is 4. The molecule has 2 bridgehead atoms. The number of primary amides is 1. The van der Waals surface area contributed by atoms with Gasteiger partial charge in [0.1, 0.15) is 10.2 Å². The summed E-state index contributed by atoms with van der Waals surface area (Å²) in [7, 11) is 1.50. The van der Waals surface area contributed by atoms with Gasteiger partial charge in [-0.25, -0.2) is 8.78 Å². The van der Waals surface area contributed by atoms with E-state index in [4.69, 9.17) is 28.9 Å². The molecule has 1 aromatic heterocycles. The monoisotopic (exact) mass is 516 g/mol. The van der Waals surface area contributed by atoms with Gasteiger partial charge in [0.15, 0.2) is 0 Å². The highest BCUT2D eigenvalue weighted by Gasteiger charge is 2.44. The van der Waals surface area contributed by atoms with Gasteiger partial charge in [-0.2, -0.15) is 5.10 Å². The molecule has 3 aromatic rings. The molecule has 10 heteroatoms. The largest absolute Gasteiger partial charge is 0.366 e. The smallest absolute Gasteiger partial charge is 0.282 e. The second-order valence-electron chi connectivity index (χ2n) is 8.66. The third-order valence-corrected chi connectivity index (χ3v) is 7.17. The molecule has 2 amide bonds. The first kappa shape index (κ1) is 23.5.